The minimum Gasteiger partial charge on any atom is -0.380 e. The van der Waals surface area contributed by atoms with Gasteiger partial charge in [-0.1, -0.05) is 0 Å². The molecule has 1 aromatic heterocycles. The summed E-state index contributed by atoms with van der Waals surface area (Å²) in [5.74, 6) is 1.08. The Kier molecular flexibility index (Phi) is 3.75. The standard InChI is InChI=1S/C11H19N3O/c1-10-12-4-6-14(10)7-5-13-11-3-2-8-15-9-11/h4,6,11,13H,2-3,5,7-9H2,1H3. The number of ether oxygens (including phenoxy) is 1. The first-order valence-electron chi connectivity index (χ1n) is 5.65. The monoisotopic (exact) mass is 209 g/mol. The van der Waals surface area contributed by atoms with Crippen molar-refractivity contribution in [2.45, 2.75) is 32.4 Å². The van der Waals surface area contributed by atoms with Gasteiger partial charge in [-0.25, -0.2) is 4.98 Å². The Balaban J connectivity index is 1.68. The van der Waals surface area contributed by atoms with Crippen LogP contribution in [-0.2, 0) is 11.3 Å². The highest BCUT2D eigenvalue weighted by Gasteiger charge is 2.12. The topological polar surface area (TPSA) is 39.1 Å². The number of nitrogens with zero attached hydrogens (tertiary/aromatic N) is 2. The number of nitrogens with one attached hydrogen (secondary N) is 1. The molecule has 15 heavy (non-hydrogen) atoms. The van der Waals surface area contributed by atoms with Gasteiger partial charge in [-0.05, 0) is 19.8 Å². The van der Waals surface area contributed by atoms with Crippen LogP contribution in [0.5, 0.6) is 0 Å². The summed E-state index contributed by atoms with van der Waals surface area (Å²) < 4.78 is 7.58. The predicted octanol–water partition coefficient (Wildman–Crippen LogP) is 0.960. The molecular weight excluding hydrogens is 190 g/mol. The molecule has 0 spiro atoms. The van der Waals surface area contributed by atoms with Crippen molar-refractivity contribution >= 4 is 0 Å². The average Bonchev–Trinajstić information content (AvgIpc) is 2.66. The zero-order valence-electron chi connectivity index (χ0n) is 9.28. The van der Waals surface area contributed by atoms with Crippen LogP contribution in [0.25, 0.3) is 0 Å². The molecule has 2 rings (SSSR count). The second-order valence-corrected chi connectivity index (χ2v) is 4.04. The summed E-state index contributed by atoms with van der Waals surface area (Å²) in [6.07, 6.45) is 6.29. The maximum absolute atomic E-state index is 5.41. The quantitative estimate of drug-likeness (QED) is 0.803. The van der Waals surface area contributed by atoms with Gasteiger partial charge in [-0.15, -0.1) is 0 Å². The van der Waals surface area contributed by atoms with Gasteiger partial charge < -0.3 is 14.6 Å². The van der Waals surface area contributed by atoms with Crippen LogP contribution in [0.15, 0.2) is 12.4 Å². The summed E-state index contributed by atoms with van der Waals surface area (Å²) in [5, 5.41) is 3.51. The number of imidazole rings is 1. The Labute approximate surface area is 90.6 Å². The lowest BCUT2D eigenvalue weighted by Crippen LogP contribution is -2.38. The van der Waals surface area contributed by atoms with Crippen molar-refractivity contribution in [2.24, 2.45) is 0 Å². The van der Waals surface area contributed by atoms with E-state index < -0.39 is 0 Å². The highest BCUT2D eigenvalue weighted by molar-refractivity contribution is 4.88. The molecule has 1 N–H and O–H groups in total. The Bertz CT molecular complexity index is 292. The third-order valence-corrected chi connectivity index (χ3v) is 2.87. The molecule has 0 bridgehead atoms. The summed E-state index contributed by atoms with van der Waals surface area (Å²) in [5.41, 5.74) is 0. The summed E-state index contributed by atoms with van der Waals surface area (Å²) >= 11 is 0. The van der Waals surface area contributed by atoms with Gasteiger partial charge in [0.05, 0.1) is 6.61 Å². The second-order valence-electron chi connectivity index (χ2n) is 4.04. The molecule has 84 valence electrons. The van der Waals surface area contributed by atoms with Crippen LogP contribution in [0.4, 0.5) is 0 Å². The lowest BCUT2D eigenvalue weighted by atomic mass is 10.1. The van der Waals surface area contributed by atoms with E-state index in [1.807, 2.05) is 19.3 Å². The maximum atomic E-state index is 5.41. The SMILES string of the molecule is Cc1nccn1CCNC1CCCOC1. The highest BCUT2D eigenvalue weighted by Crippen LogP contribution is 2.05. The molecule has 1 fully saturated rings. The largest absolute Gasteiger partial charge is 0.380 e. The predicted molar refractivity (Wildman–Crippen MR) is 58.8 cm³/mol. The van der Waals surface area contributed by atoms with E-state index in [9.17, 15) is 0 Å². The average molecular weight is 209 g/mol. The van der Waals surface area contributed by atoms with Gasteiger partial charge >= 0.3 is 0 Å². The summed E-state index contributed by atoms with van der Waals surface area (Å²) in [4.78, 5) is 4.19. The molecule has 1 atom stereocenters. The third kappa shape index (κ3) is 3.04. The highest BCUT2D eigenvalue weighted by atomic mass is 16.5. The second kappa shape index (κ2) is 5.28. The van der Waals surface area contributed by atoms with E-state index in [0.717, 1.165) is 32.1 Å². The number of hydrogen-bond donors (Lipinski definition) is 1. The van der Waals surface area contributed by atoms with Crippen molar-refractivity contribution < 1.29 is 4.74 Å². The van der Waals surface area contributed by atoms with Crippen molar-refractivity contribution in [2.75, 3.05) is 19.8 Å². The van der Waals surface area contributed by atoms with Crippen molar-refractivity contribution in [3.63, 3.8) is 0 Å². The third-order valence-electron chi connectivity index (χ3n) is 2.87. The van der Waals surface area contributed by atoms with Crippen LogP contribution in [0.3, 0.4) is 0 Å². The van der Waals surface area contributed by atoms with Crippen LogP contribution >= 0.6 is 0 Å². The van der Waals surface area contributed by atoms with E-state index in [0.29, 0.717) is 6.04 Å². The lowest BCUT2D eigenvalue weighted by molar-refractivity contribution is 0.0703. The first-order valence-corrected chi connectivity index (χ1v) is 5.65. The molecule has 1 aliphatic rings. The van der Waals surface area contributed by atoms with Gasteiger partial charge in [-0.2, -0.15) is 0 Å². The molecule has 0 saturated carbocycles. The maximum Gasteiger partial charge on any atom is 0.105 e. The Morgan fingerprint density at radius 3 is 3.27 bits per heavy atom. The van der Waals surface area contributed by atoms with Gasteiger partial charge in [0, 0.05) is 38.1 Å². The number of aromatic nitrogens is 2. The van der Waals surface area contributed by atoms with Crippen LogP contribution in [0, 0.1) is 6.92 Å². The van der Waals surface area contributed by atoms with Gasteiger partial charge in [0.25, 0.3) is 0 Å². The summed E-state index contributed by atoms with van der Waals surface area (Å²) in [6, 6.07) is 0.544. The smallest absolute Gasteiger partial charge is 0.105 e. The number of rotatable bonds is 4. The van der Waals surface area contributed by atoms with Crippen LogP contribution < -0.4 is 5.32 Å². The molecule has 0 radical (unpaired) electrons. The molecule has 2 heterocycles. The van der Waals surface area contributed by atoms with E-state index >= 15 is 0 Å². The van der Waals surface area contributed by atoms with Gasteiger partial charge in [0.1, 0.15) is 5.82 Å². The lowest BCUT2D eigenvalue weighted by Gasteiger charge is -2.23. The molecule has 4 nitrogen and oxygen atoms in total. The summed E-state index contributed by atoms with van der Waals surface area (Å²) in [6.45, 7) is 5.80. The van der Waals surface area contributed by atoms with E-state index in [-0.39, 0.29) is 0 Å². The first-order chi connectivity index (χ1) is 7.36. The van der Waals surface area contributed by atoms with Crippen molar-refractivity contribution in [3.8, 4) is 0 Å². The van der Waals surface area contributed by atoms with Crippen molar-refractivity contribution in [3.05, 3.63) is 18.2 Å². The molecule has 1 saturated heterocycles. The van der Waals surface area contributed by atoms with Crippen LogP contribution in [0.1, 0.15) is 18.7 Å². The minimum absolute atomic E-state index is 0.544. The summed E-state index contributed by atoms with van der Waals surface area (Å²) in [7, 11) is 0. The van der Waals surface area contributed by atoms with E-state index in [2.05, 4.69) is 14.9 Å². The van der Waals surface area contributed by atoms with E-state index in [4.69, 9.17) is 4.74 Å². The fourth-order valence-electron chi connectivity index (χ4n) is 1.93. The molecule has 0 amide bonds. The number of aryl methyl sites for hydroxylation is 1. The Morgan fingerprint density at radius 2 is 2.60 bits per heavy atom. The van der Waals surface area contributed by atoms with E-state index in [1.54, 1.807) is 0 Å². The normalized spacial score (nSPS) is 21.8. The Hall–Kier alpha value is -0.870. The van der Waals surface area contributed by atoms with Gasteiger partial charge in [0.2, 0.25) is 0 Å². The molecule has 1 aromatic rings. The molecule has 1 aliphatic heterocycles. The van der Waals surface area contributed by atoms with Crippen molar-refractivity contribution in [1.29, 1.82) is 0 Å². The zero-order chi connectivity index (χ0) is 10.5. The molecule has 1 unspecified atom stereocenters. The fraction of sp³-hybridized carbons (Fsp3) is 0.727. The first kappa shape index (κ1) is 10.6. The van der Waals surface area contributed by atoms with Crippen LogP contribution in [-0.4, -0.2) is 35.4 Å². The van der Waals surface area contributed by atoms with Gasteiger partial charge in [-0.3, -0.25) is 0 Å². The van der Waals surface area contributed by atoms with Gasteiger partial charge in [0.15, 0.2) is 0 Å². The number of hydrogen-bond acceptors (Lipinski definition) is 3. The van der Waals surface area contributed by atoms with E-state index in [1.165, 1.54) is 12.8 Å². The molecule has 4 heteroatoms. The zero-order valence-corrected chi connectivity index (χ0v) is 9.28. The minimum atomic E-state index is 0.544. The Morgan fingerprint density at radius 1 is 1.67 bits per heavy atom. The molecular formula is C11H19N3O. The van der Waals surface area contributed by atoms with Crippen molar-refractivity contribution in [1.82, 2.24) is 14.9 Å². The van der Waals surface area contributed by atoms with Crippen LogP contribution in [0.2, 0.25) is 0 Å². The molecule has 0 aromatic carbocycles. The fourth-order valence-corrected chi connectivity index (χ4v) is 1.93. The molecule has 0 aliphatic carbocycles.